The van der Waals surface area contributed by atoms with Crippen LogP contribution in [0.4, 0.5) is 0 Å². The third-order valence-electron chi connectivity index (χ3n) is 2.24. The summed E-state index contributed by atoms with van der Waals surface area (Å²) in [4.78, 5) is 17.6. The molecule has 14 heavy (non-hydrogen) atoms. The van der Waals surface area contributed by atoms with Gasteiger partial charge in [-0.15, -0.1) is 0 Å². The maximum Gasteiger partial charge on any atom is 0.275 e. The summed E-state index contributed by atoms with van der Waals surface area (Å²) in [6.45, 7) is 4.91. The highest BCUT2D eigenvalue weighted by Crippen LogP contribution is 2.05. The number of hydrogen-bond donors (Lipinski definition) is 1. The topological polar surface area (TPSA) is 58.4 Å². The van der Waals surface area contributed by atoms with Gasteiger partial charge in [-0.3, -0.25) is 4.79 Å². The molecule has 0 radical (unpaired) electrons. The molecule has 0 aliphatic carbocycles. The van der Waals surface area contributed by atoms with Gasteiger partial charge in [0.2, 0.25) is 0 Å². The minimum absolute atomic E-state index is 0.0386. The molecule has 1 aromatic heterocycles. The SMILES string of the molecule is Cc1nc(C(=O)N2CCNCC2)co1. The third kappa shape index (κ3) is 1.77. The molecule has 2 rings (SSSR count). The molecular weight excluding hydrogens is 182 g/mol. The monoisotopic (exact) mass is 195 g/mol. The molecule has 1 aliphatic heterocycles. The average molecular weight is 195 g/mol. The average Bonchev–Trinajstić information content (AvgIpc) is 2.65. The summed E-state index contributed by atoms with van der Waals surface area (Å²) in [6.07, 6.45) is 1.42. The molecule has 1 fully saturated rings. The Balaban J connectivity index is 2.07. The molecule has 5 nitrogen and oxygen atoms in total. The van der Waals surface area contributed by atoms with Crippen LogP contribution in [-0.4, -0.2) is 42.0 Å². The molecule has 0 atom stereocenters. The van der Waals surface area contributed by atoms with Crippen LogP contribution in [0.5, 0.6) is 0 Å². The lowest BCUT2D eigenvalue weighted by atomic mass is 10.3. The van der Waals surface area contributed by atoms with Crippen molar-refractivity contribution in [3.8, 4) is 0 Å². The number of nitrogens with one attached hydrogen (secondary N) is 1. The Bertz CT molecular complexity index is 329. The lowest BCUT2D eigenvalue weighted by molar-refractivity contribution is 0.0730. The van der Waals surface area contributed by atoms with Crippen LogP contribution >= 0.6 is 0 Å². The van der Waals surface area contributed by atoms with Gasteiger partial charge in [0.15, 0.2) is 11.6 Å². The molecule has 1 N–H and O–H groups in total. The first kappa shape index (κ1) is 9.21. The molecule has 1 aliphatic rings. The lowest BCUT2D eigenvalue weighted by Crippen LogP contribution is -2.46. The van der Waals surface area contributed by atoms with Crippen molar-refractivity contribution in [2.24, 2.45) is 0 Å². The van der Waals surface area contributed by atoms with E-state index in [9.17, 15) is 4.79 Å². The van der Waals surface area contributed by atoms with Crippen molar-refractivity contribution >= 4 is 5.91 Å². The summed E-state index contributed by atoms with van der Waals surface area (Å²) >= 11 is 0. The van der Waals surface area contributed by atoms with Gasteiger partial charge in [-0.1, -0.05) is 0 Å². The van der Waals surface area contributed by atoms with Gasteiger partial charge in [0.25, 0.3) is 5.91 Å². The normalized spacial score (nSPS) is 17.1. The van der Waals surface area contributed by atoms with E-state index in [1.54, 1.807) is 11.8 Å². The zero-order valence-corrected chi connectivity index (χ0v) is 8.12. The van der Waals surface area contributed by atoms with Crippen molar-refractivity contribution in [3.63, 3.8) is 0 Å². The first-order valence-electron chi connectivity index (χ1n) is 4.69. The largest absolute Gasteiger partial charge is 0.448 e. The van der Waals surface area contributed by atoms with Gasteiger partial charge in [0.1, 0.15) is 6.26 Å². The fraction of sp³-hybridized carbons (Fsp3) is 0.556. The Labute approximate surface area is 82.1 Å². The minimum atomic E-state index is -0.0386. The molecule has 1 saturated heterocycles. The fourth-order valence-corrected chi connectivity index (χ4v) is 1.49. The highest BCUT2D eigenvalue weighted by Gasteiger charge is 2.20. The molecule has 1 aromatic rings. The molecule has 0 saturated carbocycles. The van der Waals surface area contributed by atoms with Gasteiger partial charge >= 0.3 is 0 Å². The Morgan fingerprint density at radius 2 is 2.29 bits per heavy atom. The summed E-state index contributed by atoms with van der Waals surface area (Å²) in [7, 11) is 0. The lowest BCUT2D eigenvalue weighted by Gasteiger charge is -2.26. The first-order chi connectivity index (χ1) is 6.77. The van der Waals surface area contributed by atoms with Gasteiger partial charge in [0, 0.05) is 33.1 Å². The number of nitrogens with zero attached hydrogens (tertiary/aromatic N) is 2. The quantitative estimate of drug-likeness (QED) is 0.686. The number of carbonyl (C=O) groups is 1. The van der Waals surface area contributed by atoms with E-state index < -0.39 is 0 Å². The number of piperazine rings is 1. The van der Waals surface area contributed by atoms with Crippen molar-refractivity contribution in [1.82, 2.24) is 15.2 Å². The van der Waals surface area contributed by atoms with Crippen LogP contribution < -0.4 is 5.32 Å². The van der Waals surface area contributed by atoms with Gasteiger partial charge in [-0.2, -0.15) is 0 Å². The van der Waals surface area contributed by atoms with Crippen molar-refractivity contribution < 1.29 is 9.21 Å². The molecule has 5 heteroatoms. The first-order valence-corrected chi connectivity index (χ1v) is 4.69. The second-order valence-electron chi connectivity index (χ2n) is 3.29. The molecule has 0 bridgehead atoms. The summed E-state index contributed by atoms with van der Waals surface area (Å²) in [6, 6.07) is 0. The number of aryl methyl sites for hydroxylation is 1. The molecular formula is C9H13N3O2. The number of rotatable bonds is 1. The van der Waals surface area contributed by atoms with E-state index in [1.165, 1.54) is 6.26 Å². The van der Waals surface area contributed by atoms with E-state index >= 15 is 0 Å². The minimum Gasteiger partial charge on any atom is -0.448 e. The second-order valence-corrected chi connectivity index (χ2v) is 3.29. The van der Waals surface area contributed by atoms with Crippen LogP contribution in [0, 0.1) is 6.92 Å². The number of carbonyl (C=O) groups excluding carboxylic acids is 1. The van der Waals surface area contributed by atoms with Crippen molar-refractivity contribution in [2.45, 2.75) is 6.92 Å². The Kier molecular flexibility index (Phi) is 2.49. The molecule has 2 heterocycles. The van der Waals surface area contributed by atoms with Crippen LogP contribution in [0.3, 0.4) is 0 Å². The number of aromatic nitrogens is 1. The van der Waals surface area contributed by atoms with E-state index in [4.69, 9.17) is 4.42 Å². The van der Waals surface area contributed by atoms with Gasteiger partial charge in [-0.05, 0) is 0 Å². The maximum atomic E-state index is 11.8. The number of amides is 1. The maximum absolute atomic E-state index is 11.8. The van der Waals surface area contributed by atoms with Crippen LogP contribution in [0.15, 0.2) is 10.7 Å². The highest BCUT2D eigenvalue weighted by molar-refractivity contribution is 5.92. The zero-order chi connectivity index (χ0) is 9.97. The predicted octanol–water partition coefficient (Wildman–Crippen LogP) is 0.0284. The van der Waals surface area contributed by atoms with Gasteiger partial charge in [-0.25, -0.2) is 4.98 Å². The molecule has 0 spiro atoms. The van der Waals surface area contributed by atoms with Crippen LogP contribution in [0.25, 0.3) is 0 Å². The van der Waals surface area contributed by atoms with Crippen molar-refractivity contribution in [3.05, 3.63) is 17.8 Å². The Morgan fingerprint density at radius 1 is 1.57 bits per heavy atom. The zero-order valence-electron chi connectivity index (χ0n) is 8.12. The van der Waals surface area contributed by atoms with Crippen molar-refractivity contribution in [2.75, 3.05) is 26.2 Å². The molecule has 1 amide bonds. The van der Waals surface area contributed by atoms with Crippen molar-refractivity contribution in [1.29, 1.82) is 0 Å². The standard InChI is InChI=1S/C9H13N3O2/c1-7-11-8(6-14-7)9(13)12-4-2-10-3-5-12/h6,10H,2-5H2,1H3. The second kappa shape index (κ2) is 3.79. The summed E-state index contributed by atoms with van der Waals surface area (Å²) in [5, 5.41) is 3.19. The van der Waals surface area contributed by atoms with E-state index in [0.29, 0.717) is 11.6 Å². The van der Waals surface area contributed by atoms with E-state index in [0.717, 1.165) is 26.2 Å². The van der Waals surface area contributed by atoms with E-state index in [-0.39, 0.29) is 5.91 Å². The fourth-order valence-electron chi connectivity index (χ4n) is 1.49. The van der Waals surface area contributed by atoms with E-state index in [1.807, 2.05) is 0 Å². The summed E-state index contributed by atoms with van der Waals surface area (Å²) in [5.74, 6) is 0.492. The van der Waals surface area contributed by atoms with Gasteiger partial charge in [0.05, 0.1) is 0 Å². The molecule has 0 aromatic carbocycles. The van der Waals surface area contributed by atoms with Crippen LogP contribution in [0.1, 0.15) is 16.4 Å². The molecule has 76 valence electrons. The number of hydrogen-bond acceptors (Lipinski definition) is 4. The Morgan fingerprint density at radius 3 is 2.86 bits per heavy atom. The number of oxazole rings is 1. The van der Waals surface area contributed by atoms with Crippen LogP contribution in [0.2, 0.25) is 0 Å². The summed E-state index contributed by atoms with van der Waals surface area (Å²) < 4.78 is 5.00. The molecule has 0 unspecified atom stereocenters. The highest BCUT2D eigenvalue weighted by atomic mass is 16.3. The van der Waals surface area contributed by atoms with Crippen LogP contribution in [-0.2, 0) is 0 Å². The van der Waals surface area contributed by atoms with E-state index in [2.05, 4.69) is 10.3 Å². The third-order valence-corrected chi connectivity index (χ3v) is 2.24. The predicted molar refractivity (Wildman–Crippen MR) is 50.0 cm³/mol. The van der Waals surface area contributed by atoms with Gasteiger partial charge < -0.3 is 14.6 Å². The summed E-state index contributed by atoms with van der Waals surface area (Å²) in [5.41, 5.74) is 0.407. The Hall–Kier alpha value is -1.36. The smallest absolute Gasteiger partial charge is 0.275 e.